The van der Waals surface area contributed by atoms with Gasteiger partial charge in [0.15, 0.2) is 11.6 Å². The molecule has 2 rings (SSSR count). The molecule has 6 heteroatoms. The maximum absolute atomic E-state index is 13.9. The third-order valence-corrected chi connectivity index (χ3v) is 2.66. The van der Waals surface area contributed by atoms with E-state index in [1.54, 1.807) is 22.8 Å². The van der Waals surface area contributed by atoms with Gasteiger partial charge in [0.05, 0.1) is 12.8 Å². The van der Waals surface area contributed by atoms with E-state index in [4.69, 9.17) is 5.11 Å². The molecule has 2 heterocycles. The van der Waals surface area contributed by atoms with Gasteiger partial charge in [-0.05, 0) is 6.07 Å². The van der Waals surface area contributed by atoms with Crippen LogP contribution < -0.4 is 4.90 Å². The molecule has 2 aromatic heterocycles. The molecule has 0 unspecified atom stereocenters. The first-order chi connectivity index (χ1) is 8.61. The van der Waals surface area contributed by atoms with Crippen molar-refractivity contribution in [1.82, 2.24) is 14.8 Å². The van der Waals surface area contributed by atoms with Crippen LogP contribution in [-0.2, 0) is 20.2 Å². The number of aromatic nitrogens is 3. The normalized spacial score (nSPS) is 10.7. The summed E-state index contributed by atoms with van der Waals surface area (Å²) >= 11 is 0. The average molecular weight is 250 g/mol. The van der Waals surface area contributed by atoms with E-state index < -0.39 is 5.82 Å². The molecule has 0 spiro atoms. The minimum absolute atomic E-state index is 0.227. The number of hydrogen-bond acceptors (Lipinski definition) is 4. The van der Waals surface area contributed by atoms with Crippen molar-refractivity contribution >= 4 is 5.82 Å². The van der Waals surface area contributed by atoms with Crippen molar-refractivity contribution in [2.45, 2.75) is 13.2 Å². The zero-order valence-corrected chi connectivity index (χ0v) is 10.3. The van der Waals surface area contributed by atoms with E-state index in [0.717, 1.165) is 5.56 Å². The Morgan fingerprint density at radius 2 is 2.28 bits per heavy atom. The van der Waals surface area contributed by atoms with Crippen molar-refractivity contribution in [2.75, 3.05) is 11.9 Å². The highest BCUT2D eigenvalue weighted by Crippen LogP contribution is 2.19. The SMILES string of the molecule is CN(Cc1cnn(C)c1)c1nccc(CO)c1F. The number of aliphatic hydroxyl groups is 1. The average Bonchev–Trinajstić information content (AvgIpc) is 2.75. The molecule has 0 radical (unpaired) electrons. The van der Waals surface area contributed by atoms with E-state index >= 15 is 0 Å². The number of aryl methyl sites for hydroxylation is 1. The molecule has 0 bridgehead atoms. The predicted octanol–water partition coefficient (Wildman–Crippen LogP) is 1.08. The van der Waals surface area contributed by atoms with E-state index in [1.807, 2.05) is 13.2 Å². The van der Waals surface area contributed by atoms with E-state index in [-0.39, 0.29) is 18.0 Å². The molecule has 2 aromatic rings. The molecule has 18 heavy (non-hydrogen) atoms. The van der Waals surface area contributed by atoms with Crippen molar-refractivity contribution in [1.29, 1.82) is 0 Å². The summed E-state index contributed by atoms with van der Waals surface area (Å²) in [6, 6.07) is 1.47. The van der Waals surface area contributed by atoms with E-state index in [9.17, 15) is 4.39 Å². The van der Waals surface area contributed by atoms with Crippen molar-refractivity contribution in [3.8, 4) is 0 Å². The first-order valence-corrected chi connectivity index (χ1v) is 5.54. The number of halogens is 1. The summed E-state index contributed by atoms with van der Waals surface area (Å²) in [6.45, 7) is 0.175. The lowest BCUT2D eigenvalue weighted by Crippen LogP contribution is -2.19. The molecular weight excluding hydrogens is 235 g/mol. The third-order valence-electron chi connectivity index (χ3n) is 2.66. The van der Waals surface area contributed by atoms with Crippen LogP contribution in [0.3, 0.4) is 0 Å². The van der Waals surface area contributed by atoms with Gasteiger partial charge in [0.2, 0.25) is 0 Å². The molecule has 5 nitrogen and oxygen atoms in total. The summed E-state index contributed by atoms with van der Waals surface area (Å²) < 4.78 is 15.6. The molecule has 0 saturated carbocycles. The number of anilines is 1. The Hall–Kier alpha value is -1.95. The van der Waals surface area contributed by atoms with Crippen LogP contribution in [0.5, 0.6) is 0 Å². The summed E-state index contributed by atoms with van der Waals surface area (Å²) in [5, 5.41) is 13.1. The lowest BCUT2D eigenvalue weighted by Gasteiger charge is -2.18. The Kier molecular flexibility index (Phi) is 3.57. The van der Waals surface area contributed by atoms with E-state index in [1.165, 1.54) is 12.3 Å². The van der Waals surface area contributed by atoms with Crippen LogP contribution in [0.15, 0.2) is 24.7 Å². The topological polar surface area (TPSA) is 54.2 Å². The Labute approximate surface area is 104 Å². The molecular formula is C12H15FN4O. The molecule has 0 aliphatic heterocycles. The highest BCUT2D eigenvalue weighted by molar-refractivity contribution is 5.42. The number of aliphatic hydroxyl groups excluding tert-OH is 1. The summed E-state index contributed by atoms with van der Waals surface area (Å²) in [7, 11) is 3.58. The molecule has 0 atom stereocenters. The number of hydrogen-bond donors (Lipinski definition) is 1. The minimum atomic E-state index is -0.480. The van der Waals surface area contributed by atoms with Crippen molar-refractivity contribution in [2.24, 2.45) is 7.05 Å². The first kappa shape index (κ1) is 12.5. The van der Waals surface area contributed by atoms with E-state index in [0.29, 0.717) is 6.54 Å². The standard InChI is InChI=1S/C12H15FN4O/c1-16(6-9-5-15-17(2)7-9)12-11(13)10(8-18)3-4-14-12/h3-5,7,18H,6,8H2,1-2H3. The largest absolute Gasteiger partial charge is 0.392 e. The maximum Gasteiger partial charge on any atom is 0.171 e. The van der Waals surface area contributed by atoms with Gasteiger partial charge in [-0.2, -0.15) is 5.10 Å². The lowest BCUT2D eigenvalue weighted by molar-refractivity contribution is 0.275. The van der Waals surface area contributed by atoms with Crippen LogP contribution >= 0.6 is 0 Å². The molecule has 0 fully saturated rings. The summed E-state index contributed by atoms with van der Waals surface area (Å²) in [5.74, 6) is -0.253. The van der Waals surface area contributed by atoms with Gasteiger partial charge < -0.3 is 10.0 Å². The second kappa shape index (κ2) is 5.14. The van der Waals surface area contributed by atoms with Gasteiger partial charge >= 0.3 is 0 Å². The fourth-order valence-electron chi connectivity index (χ4n) is 1.76. The Bertz CT molecular complexity index is 541. The van der Waals surface area contributed by atoms with Crippen molar-refractivity contribution in [3.63, 3.8) is 0 Å². The summed E-state index contributed by atoms with van der Waals surface area (Å²) in [4.78, 5) is 5.69. The van der Waals surface area contributed by atoms with Crippen LogP contribution in [-0.4, -0.2) is 26.9 Å². The summed E-state index contributed by atoms with van der Waals surface area (Å²) in [5.41, 5.74) is 1.22. The van der Waals surface area contributed by atoms with Gasteiger partial charge in [-0.15, -0.1) is 0 Å². The molecule has 1 N–H and O–H groups in total. The Balaban J connectivity index is 2.21. The fourth-order valence-corrected chi connectivity index (χ4v) is 1.76. The van der Waals surface area contributed by atoms with Crippen LogP contribution in [0.2, 0.25) is 0 Å². The van der Waals surface area contributed by atoms with Gasteiger partial charge in [-0.3, -0.25) is 4.68 Å². The Morgan fingerprint density at radius 3 is 2.89 bits per heavy atom. The molecule has 96 valence electrons. The van der Waals surface area contributed by atoms with Crippen LogP contribution in [0.25, 0.3) is 0 Å². The van der Waals surface area contributed by atoms with Gasteiger partial charge in [0.25, 0.3) is 0 Å². The van der Waals surface area contributed by atoms with Gasteiger partial charge in [-0.25, -0.2) is 9.37 Å². The monoisotopic (exact) mass is 250 g/mol. The quantitative estimate of drug-likeness (QED) is 0.882. The van der Waals surface area contributed by atoms with Gasteiger partial charge in [0.1, 0.15) is 0 Å². The third kappa shape index (κ3) is 2.48. The highest BCUT2D eigenvalue weighted by atomic mass is 19.1. The lowest BCUT2D eigenvalue weighted by atomic mass is 10.2. The number of pyridine rings is 1. The smallest absolute Gasteiger partial charge is 0.171 e. The minimum Gasteiger partial charge on any atom is -0.392 e. The first-order valence-electron chi connectivity index (χ1n) is 5.54. The second-order valence-electron chi connectivity index (χ2n) is 4.14. The second-order valence-corrected chi connectivity index (χ2v) is 4.14. The van der Waals surface area contributed by atoms with Gasteiger partial charge in [0, 0.05) is 44.2 Å². The van der Waals surface area contributed by atoms with E-state index in [2.05, 4.69) is 10.1 Å². The zero-order valence-electron chi connectivity index (χ0n) is 10.3. The maximum atomic E-state index is 13.9. The van der Waals surface area contributed by atoms with Crippen LogP contribution in [0, 0.1) is 5.82 Å². The number of rotatable bonds is 4. The molecule has 0 aliphatic carbocycles. The van der Waals surface area contributed by atoms with Crippen molar-refractivity contribution in [3.05, 3.63) is 41.6 Å². The number of nitrogens with zero attached hydrogens (tertiary/aromatic N) is 4. The zero-order chi connectivity index (χ0) is 13.1. The van der Waals surface area contributed by atoms with Crippen LogP contribution in [0.1, 0.15) is 11.1 Å². The predicted molar refractivity (Wildman–Crippen MR) is 65.4 cm³/mol. The fraction of sp³-hybridized carbons (Fsp3) is 0.333. The molecule has 0 aliphatic rings. The molecule has 0 aromatic carbocycles. The van der Waals surface area contributed by atoms with Gasteiger partial charge in [-0.1, -0.05) is 0 Å². The van der Waals surface area contributed by atoms with Crippen molar-refractivity contribution < 1.29 is 9.50 Å². The van der Waals surface area contributed by atoms with Crippen LogP contribution in [0.4, 0.5) is 10.2 Å². The Morgan fingerprint density at radius 1 is 1.50 bits per heavy atom. The molecule has 0 amide bonds. The molecule has 0 saturated heterocycles. The highest BCUT2D eigenvalue weighted by Gasteiger charge is 2.13. The summed E-state index contributed by atoms with van der Waals surface area (Å²) in [6.07, 6.45) is 5.08.